The van der Waals surface area contributed by atoms with Gasteiger partial charge in [0.25, 0.3) is 0 Å². The van der Waals surface area contributed by atoms with Crippen molar-refractivity contribution in [1.82, 2.24) is 4.98 Å². The first-order valence-corrected chi connectivity index (χ1v) is 6.83. The summed E-state index contributed by atoms with van der Waals surface area (Å²) in [7, 11) is 0. The Labute approximate surface area is 112 Å². The monoisotopic (exact) mass is 262 g/mol. The zero-order valence-electron chi connectivity index (χ0n) is 10.8. The van der Waals surface area contributed by atoms with E-state index in [1.807, 2.05) is 6.07 Å². The SMILES string of the molecule is O=C(O)c1cc(N2CCOC3CCCCC32)ccn1. The van der Waals surface area contributed by atoms with Gasteiger partial charge in [0.2, 0.25) is 0 Å². The van der Waals surface area contributed by atoms with E-state index in [1.54, 1.807) is 12.3 Å². The largest absolute Gasteiger partial charge is 0.477 e. The molecule has 0 aromatic carbocycles. The highest BCUT2D eigenvalue weighted by atomic mass is 16.5. The second-order valence-electron chi connectivity index (χ2n) is 5.16. The summed E-state index contributed by atoms with van der Waals surface area (Å²) in [5, 5.41) is 9.03. The normalized spacial score (nSPS) is 26.8. The fraction of sp³-hybridized carbons (Fsp3) is 0.571. The van der Waals surface area contributed by atoms with E-state index in [0.717, 1.165) is 25.1 Å². The third-order valence-corrected chi connectivity index (χ3v) is 4.03. The van der Waals surface area contributed by atoms with Crippen LogP contribution in [0.15, 0.2) is 18.3 Å². The van der Waals surface area contributed by atoms with Gasteiger partial charge in [0, 0.05) is 18.4 Å². The molecule has 2 fully saturated rings. The average Bonchev–Trinajstić information content (AvgIpc) is 2.47. The molecule has 0 radical (unpaired) electrons. The Hall–Kier alpha value is -1.62. The minimum absolute atomic E-state index is 0.108. The van der Waals surface area contributed by atoms with E-state index in [9.17, 15) is 4.79 Å². The second kappa shape index (κ2) is 5.17. The van der Waals surface area contributed by atoms with Crippen LogP contribution in [0.2, 0.25) is 0 Å². The van der Waals surface area contributed by atoms with Crippen molar-refractivity contribution in [2.45, 2.75) is 37.8 Å². The molecule has 1 aromatic rings. The van der Waals surface area contributed by atoms with E-state index in [4.69, 9.17) is 9.84 Å². The highest BCUT2D eigenvalue weighted by Gasteiger charge is 2.34. The molecule has 1 saturated heterocycles. The molecule has 2 aliphatic rings. The lowest BCUT2D eigenvalue weighted by atomic mass is 9.90. The zero-order chi connectivity index (χ0) is 13.2. The minimum Gasteiger partial charge on any atom is -0.477 e. The number of aromatic nitrogens is 1. The first-order chi connectivity index (χ1) is 9.25. The van der Waals surface area contributed by atoms with Crippen LogP contribution in [-0.4, -0.2) is 41.4 Å². The maximum atomic E-state index is 11.0. The molecular weight excluding hydrogens is 244 g/mol. The molecule has 5 heteroatoms. The maximum Gasteiger partial charge on any atom is 0.354 e. The summed E-state index contributed by atoms with van der Waals surface area (Å²) in [6, 6.07) is 3.94. The lowest BCUT2D eigenvalue weighted by Crippen LogP contribution is -2.52. The van der Waals surface area contributed by atoms with Crippen LogP contribution in [0.5, 0.6) is 0 Å². The molecule has 1 N–H and O–H groups in total. The van der Waals surface area contributed by atoms with Crippen molar-refractivity contribution < 1.29 is 14.6 Å². The quantitative estimate of drug-likeness (QED) is 0.882. The van der Waals surface area contributed by atoms with Crippen molar-refractivity contribution in [3.8, 4) is 0 Å². The van der Waals surface area contributed by atoms with Crippen molar-refractivity contribution in [2.24, 2.45) is 0 Å². The number of hydrogen-bond acceptors (Lipinski definition) is 4. The number of nitrogens with zero attached hydrogens (tertiary/aromatic N) is 2. The fourth-order valence-electron chi connectivity index (χ4n) is 3.13. The molecule has 2 unspecified atom stereocenters. The van der Waals surface area contributed by atoms with Crippen LogP contribution in [0, 0.1) is 0 Å². The number of fused-ring (bicyclic) bond motifs is 1. The number of hydrogen-bond donors (Lipinski definition) is 1. The summed E-state index contributed by atoms with van der Waals surface area (Å²) in [5.74, 6) is -0.977. The molecule has 2 atom stereocenters. The average molecular weight is 262 g/mol. The van der Waals surface area contributed by atoms with Gasteiger partial charge in [0.1, 0.15) is 5.69 Å². The highest BCUT2D eigenvalue weighted by Crippen LogP contribution is 2.31. The van der Waals surface area contributed by atoms with E-state index in [1.165, 1.54) is 12.8 Å². The van der Waals surface area contributed by atoms with Crippen molar-refractivity contribution in [3.05, 3.63) is 24.0 Å². The van der Waals surface area contributed by atoms with Crippen molar-refractivity contribution in [3.63, 3.8) is 0 Å². The molecule has 19 heavy (non-hydrogen) atoms. The molecule has 102 valence electrons. The van der Waals surface area contributed by atoms with Gasteiger partial charge in [-0.25, -0.2) is 9.78 Å². The smallest absolute Gasteiger partial charge is 0.354 e. The number of carboxylic acids is 1. The summed E-state index contributed by atoms with van der Waals surface area (Å²) in [6.45, 7) is 1.54. The van der Waals surface area contributed by atoms with Crippen LogP contribution in [0.4, 0.5) is 5.69 Å². The minimum atomic E-state index is -0.977. The van der Waals surface area contributed by atoms with Crippen LogP contribution in [0.3, 0.4) is 0 Å². The van der Waals surface area contributed by atoms with E-state index in [2.05, 4.69) is 9.88 Å². The summed E-state index contributed by atoms with van der Waals surface area (Å²) in [4.78, 5) is 17.2. The Balaban J connectivity index is 1.87. The molecule has 3 rings (SSSR count). The molecule has 1 saturated carbocycles. The fourth-order valence-corrected chi connectivity index (χ4v) is 3.13. The molecule has 5 nitrogen and oxygen atoms in total. The number of rotatable bonds is 2. The van der Waals surface area contributed by atoms with E-state index >= 15 is 0 Å². The van der Waals surface area contributed by atoms with E-state index in [0.29, 0.717) is 18.8 Å². The molecule has 2 heterocycles. The Bertz CT molecular complexity index is 476. The van der Waals surface area contributed by atoms with Crippen LogP contribution in [0.25, 0.3) is 0 Å². The van der Waals surface area contributed by atoms with Gasteiger partial charge in [-0.3, -0.25) is 0 Å². The second-order valence-corrected chi connectivity index (χ2v) is 5.16. The third kappa shape index (κ3) is 2.42. The number of carbonyl (C=O) groups is 1. The van der Waals surface area contributed by atoms with Gasteiger partial charge < -0.3 is 14.7 Å². The van der Waals surface area contributed by atoms with Gasteiger partial charge >= 0.3 is 5.97 Å². The predicted octanol–water partition coefficient (Wildman–Crippen LogP) is 1.93. The van der Waals surface area contributed by atoms with Gasteiger partial charge in [-0.15, -0.1) is 0 Å². The van der Waals surface area contributed by atoms with Gasteiger partial charge in [-0.05, 0) is 25.0 Å². The maximum absolute atomic E-state index is 11.0. The van der Waals surface area contributed by atoms with Crippen molar-refractivity contribution in [1.29, 1.82) is 0 Å². The zero-order valence-corrected chi connectivity index (χ0v) is 10.8. The molecular formula is C14H18N2O3. The third-order valence-electron chi connectivity index (χ3n) is 4.03. The Morgan fingerprint density at radius 3 is 3.11 bits per heavy atom. The molecule has 1 aromatic heterocycles. The van der Waals surface area contributed by atoms with Gasteiger partial charge in [-0.1, -0.05) is 12.8 Å². The number of aromatic carboxylic acids is 1. The van der Waals surface area contributed by atoms with E-state index in [-0.39, 0.29) is 5.69 Å². The molecule has 1 aliphatic heterocycles. The first-order valence-electron chi connectivity index (χ1n) is 6.83. The van der Waals surface area contributed by atoms with Crippen LogP contribution >= 0.6 is 0 Å². The molecule has 1 aliphatic carbocycles. The van der Waals surface area contributed by atoms with Crippen molar-refractivity contribution >= 4 is 11.7 Å². The molecule has 0 amide bonds. The molecule has 0 bridgehead atoms. The summed E-state index contributed by atoms with van der Waals surface area (Å²) in [5.41, 5.74) is 1.06. The number of pyridine rings is 1. The van der Waals surface area contributed by atoms with Crippen molar-refractivity contribution in [2.75, 3.05) is 18.1 Å². The van der Waals surface area contributed by atoms with Crippen LogP contribution in [-0.2, 0) is 4.74 Å². The van der Waals surface area contributed by atoms with E-state index < -0.39 is 5.97 Å². The highest BCUT2D eigenvalue weighted by molar-refractivity contribution is 5.86. The number of ether oxygens (including phenoxy) is 1. The Morgan fingerprint density at radius 2 is 2.26 bits per heavy atom. The topological polar surface area (TPSA) is 62.7 Å². The van der Waals surface area contributed by atoms with Crippen LogP contribution < -0.4 is 4.90 Å². The number of carboxylic acid groups (broad SMARTS) is 1. The number of morpholine rings is 1. The number of anilines is 1. The standard InChI is InChI=1S/C14H18N2O3/c17-14(18)11-9-10(5-6-15-11)16-7-8-19-13-4-2-1-3-12(13)16/h5-6,9,12-13H,1-4,7-8H2,(H,17,18). The Kier molecular flexibility index (Phi) is 3.38. The van der Waals surface area contributed by atoms with Gasteiger partial charge in [-0.2, -0.15) is 0 Å². The van der Waals surface area contributed by atoms with Gasteiger partial charge in [0.05, 0.1) is 18.8 Å². The molecule has 0 spiro atoms. The lowest BCUT2D eigenvalue weighted by molar-refractivity contribution is -0.00868. The van der Waals surface area contributed by atoms with Gasteiger partial charge in [0.15, 0.2) is 0 Å². The predicted molar refractivity (Wildman–Crippen MR) is 70.5 cm³/mol. The Morgan fingerprint density at radius 1 is 1.42 bits per heavy atom. The first kappa shape index (κ1) is 12.4. The summed E-state index contributed by atoms with van der Waals surface area (Å²) in [6.07, 6.45) is 6.55. The summed E-state index contributed by atoms with van der Waals surface area (Å²) >= 11 is 0. The van der Waals surface area contributed by atoms with Crippen LogP contribution in [0.1, 0.15) is 36.2 Å². The lowest BCUT2D eigenvalue weighted by Gasteiger charge is -2.45. The summed E-state index contributed by atoms with van der Waals surface area (Å²) < 4.78 is 5.84.